The fourth-order valence-corrected chi connectivity index (χ4v) is 2.68. The van der Waals surface area contributed by atoms with E-state index in [-0.39, 0.29) is 11.9 Å². The Morgan fingerprint density at radius 1 is 1.41 bits per heavy atom. The molecule has 94 valence electrons. The van der Waals surface area contributed by atoms with Gasteiger partial charge in [0.1, 0.15) is 5.82 Å². The molecule has 1 atom stereocenters. The highest BCUT2D eigenvalue weighted by molar-refractivity contribution is 6.31. The number of rotatable bonds is 3. The SMILES string of the molecule is CNC(c1cc(F)ccc1Cl)C1CCOCC1. The van der Waals surface area contributed by atoms with E-state index in [2.05, 4.69) is 5.32 Å². The zero-order chi connectivity index (χ0) is 12.3. The van der Waals surface area contributed by atoms with E-state index in [1.54, 1.807) is 6.07 Å². The molecule has 1 heterocycles. The number of ether oxygens (including phenoxy) is 1. The van der Waals surface area contributed by atoms with Gasteiger partial charge in [0, 0.05) is 24.3 Å². The maximum atomic E-state index is 13.3. The van der Waals surface area contributed by atoms with E-state index in [9.17, 15) is 4.39 Å². The van der Waals surface area contributed by atoms with Crippen LogP contribution < -0.4 is 5.32 Å². The second-order valence-corrected chi connectivity index (χ2v) is 4.79. The zero-order valence-corrected chi connectivity index (χ0v) is 10.6. The van der Waals surface area contributed by atoms with Crippen LogP contribution in [0.5, 0.6) is 0 Å². The van der Waals surface area contributed by atoms with Crippen LogP contribution in [0.2, 0.25) is 5.02 Å². The van der Waals surface area contributed by atoms with Crippen LogP contribution in [-0.2, 0) is 4.74 Å². The molecule has 1 aromatic rings. The van der Waals surface area contributed by atoms with Crippen molar-refractivity contribution in [1.82, 2.24) is 5.32 Å². The smallest absolute Gasteiger partial charge is 0.123 e. The van der Waals surface area contributed by atoms with Gasteiger partial charge in [0.25, 0.3) is 0 Å². The Morgan fingerprint density at radius 2 is 2.12 bits per heavy atom. The van der Waals surface area contributed by atoms with E-state index in [4.69, 9.17) is 16.3 Å². The van der Waals surface area contributed by atoms with E-state index < -0.39 is 0 Å². The molecule has 17 heavy (non-hydrogen) atoms. The van der Waals surface area contributed by atoms with E-state index in [0.29, 0.717) is 10.9 Å². The summed E-state index contributed by atoms with van der Waals surface area (Å²) < 4.78 is 18.6. The largest absolute Gasteiger partial charge is 0.381 e. The molecule has 0 radical (unpaired) electrons. The lowest BCUT2D eigenvalue weighted by atomic mass is 9.87. The van der Waals surface area contributed by atoms with Crippen LogP contribution in [0.25, 0.3) is 0 Å². The van der Waals surface area contributed by atoms with Crippen LogP contribution in [0.4, 0.5) is 4.39 Å². The van der Waals surface area contributed by atoms with Crippen LogP contribution in [-0.4, -0.2) is 20.3 Å². The summed E-state index contributed by atoms with van der Waals surface area (Å²) in [6, 6.07) is 4.64. The van der Waals surface area contributed by atoms with E-state index >= 15 is 0 Å². The van der Waals surface area contributed by atoms with Gasteiger partial charge in [-0.05, 0) is 49.6 Å². The highest BCUT2D eigenvalue weighted by atomic mass is 35.5. The van der Waals surface area contributed by atoms with Crippen molar-refractivity contribution >= 4 is 11.6 Å². The maximum Gasteiger partial charge on any atom is 0.123 e. The lowest BCUT2D eigenvalue weighted by Crippen LogP contribution is -2.30. The van der Waals surface area contributed by atoms with Crippen molar-refractivity contribution in [2.24, 2.45) is 5.92 Å². The Bertz CT molecular complexity index is 380. The second kappa shape index (κ2) is 5.80. The third-order valence-corrected chi connectivity index (χ3v) is 3.69. The van der Waals surface area contributed by atoms with E-state index in [0.717, 1.165) is 31.6 Å². The number of halogens is 2. The number of nitrogens with one attached hydrogen (secondary N) is 1. The zero-order valence-electron chi connectivity index (χ0n) is 9.88. The molecule has 2 nitrogen and oxygen atoms in total. The predicted molar refractivity (Wildman–Crippen MR) is 66.8 cm³/mol. The molecule has 0 aromatic heterocycles. The monoisotopic (exact) mass is 257 g/mol. The molecule has 1 aliphatic rings. The molecule has 0 bridgehead atoms. The predicted octanol–water partition coefficient (Wildman–Crippen LogP) is 3.17. The van der Waals surface area contributed by atoms with Gasteiger partial charge in [0.15, 0.2) is 0 Å². The van der Waals surface area contributed by atoms with Crippen LogP contribution >= 0.6 is 11.6 Å². The molecular formula is C13H17ClFNO. The topological polar surface area (TPSA) is 21.3 Å². The summed E-state index contributed by atoms with van der Waals surface area (Å²) in [5, 5.41) is 3.87. The van der Waals surface area contributed by atoms with Gasteiger partial charge in [-0.15, -0.1) is 0 Å². The second-order valence-electron chi connectivity index (χ2n) is 4.38. The van der Waals surface area contributed by atoms with Crippen molar-refractivity contribution in [3.05, 3.63) is 34.6 Å². The van der Waals surface area contributed by atoms with E-state index in [1.165, 1.54) is 12.1 Å². The number of hydrogen-bond acceptors (Lipinski definition) is 2. The van der Waals surface area contributed by atoms with Crippen molar-refractivity contribution in [2.45, 2.75) is 18.9 Å². The van der Waals surface area contributed by atoms with Gasteiger partial charge in [0.05, 0.1) is 0 Å². The first-order valence-corrected chi connectivity index (χ1v) is 6.30. The lowest BCUT2D eigenvalue weighted by Gasteiger charge is -2.31. The van der Waals surface area contributed by atoms with Crippen LogP contribution in [0.15, 0.2) is 18.2 Å². The molecule has 1 aromatic carbocycles. The lowest BCUT2D eigenvalue weighted by molar-refractivity contribution is 0.0546. The quantitative estimate of drug-likeness (QED) is 0.898. The molecule has 1 saturated heterocycles. The van der Waals surface area contributed by atoms with Gasteiger partial charge in [-0.25, -0.2) is 4.39 Å². The van der Waals surface area contributed by atoms with Crippen molar-refractivity contribution < 1.29 is 9.13 Å². The number of benzene rings is 1. The highest BCUT2D eigenvalue weighted by Crippen LogP contribution is 2.33. The molecule has 0 aliphatic carbocycles. The fourth-order valence-electron chi connectivity index (χ4n) is 2.45. The summed E-state index contributed by atoms with van der Waals surface area (Å²) in [6.45, 7) is 1.55. The summed E-state index contributed by atoms with van der Waals surface area (Å²) in [4.78, 5) is 0. The standard InChI is InChI=1S/C13H17ClFNO/c1-16-13(9-4-6-17-7-5-9)11-8-10(15)2-3-12(11)14/h2-3,8-9,13,16H,4-7H2,1H3. The van der Waals surface area contributed by atoms with Crippen molar-refractivity contribution in [3.63, 3.8) is 0 Å². The van der Waals surface area contributed by atoms with Gasteiger partial charge < -0.3 is 10.1 Å². The Morgan fingerprint density at radius 3 is 2.76 bits per heavy atom. The molecule has 1 aliphatic heterocycles. The first-order chi connectivity index (χ1) is 8.22. The Balaban J connectivity index is 2.24. The van der Waals surface area contributed by atoms with Crippen LogP contribution in [0.1, 0.15) is 24.4 Å². The van der Waals surface area contributed by atoms with Gasteiger partial charge >= 0.3 is 0 Å². The summed E-state index contributed by atoms with van der Waals surface area (Å²) in [7, 11) is 1.89. The first kappa shape index (κ1) is 12.8. The number of hydrogen-bond donors (Lipinski definition) is 1. The molecule has 0 amide bonds. The Kier molecular flexibility index (Phi) is 4.37. The molecule has 0 spiro atoms. The van der Waals surface area contributed by atoms with Crippen LogP contribution in [0, 0.1) is 11.7 Å². The Hall–Kier alpha value is -0.640. The molecular weight excluding hydrogens is 241 g/mol. The maximum absolute atomic E-state index is 13.3. The van der Waals surface area contributed by atoms with Crippen molar-refractivity contribution in [1.29, 1.82) is 0 Å². The van der Waals surface area contributed by atoms with E-state index in [1.807, 2.05) is 7.05 Å². The summed E-state index contributed by atoms with van der Waals surface area (Å²) in [5.41, 5.74) is 0.848. The third-order valence-electron chi connectivity index (χ3n) is 3.34. The average Bonchev–Trinajstić information content (AvgIpc) is 2.36. The average molecular weight is 258 g/mol. The molecule has 2 rings (SSSR count). The minimum atomic E-state index is -0.239. The van der Waals surface area contributed by atoms with Crippen LogP contribution in [0.3, 0.4) is 0 Å². The van der Waals surface area contributed by atoms with Crippen molar-refractivity contribution in [2.75, 3.05) is 20.3 Å². The Labute approximate surface area is 106 Å². The molecule has 4 heteroatoms. The minimum absolute atomic E-state index is 0.0992. The molecule has 0 saturated carbocycles. The summed E-state index contributed by atoms with van der Waals surface area (Å²) in [5.74, 6) is 0.213. The first-order valence-electron chi connectivity index (χ1n) is 5.92. The van der Waals surface area contributed by atoms with Gasteiger partial charge in [0.2, 0.25) is 0 Å². The molecule has 1 N–H and O–H groups in total. The molecule has 1 unspecified atom stereocenters. The molecule has 1 fully saturated rings. The minimum Gasteiger partial charge on any atom is -0.381 e. The van der Waals surface area contributed by atoms with Crippen molar-refractivity contribution in [3.8, 4) is 0 Å². The fraction of sp³-hybridized carbons (Fsp3) is 0.538. The van der Waals surface area contributed by atoms with Gasteiger partial charge in [-0.2, -0.15) is 0 Å². The summed E-state index contributed by atoms with van der Waals surface area (Å²) in [6.07, 6.45) is 1.97. The summed E-state index contributed by atoms with van der Waals surface area (Å²) >= 11 is 6.15. The highest BCUT2D eigenvalue weighted by Gasteiger charge is 2.25. The normalized spacial score (nSPS) is 19.2. The van der Waals surface area contributed by atoms with Gasteiger partial charge in [-0.3, -0.25) is 0 Å². The van der Waals surface area contributed by atoms with Gasteiger partial charge in [-0.1, -0.05) is 11.6 Å². The third kappa shape index (κ3) is 2.97.